The molecule has 1 aromatic carbocycles. The standard InChI is InChI=1S/C32H49ClN10O11/c1-19(44)26(34)29(49)40-23(10-4-5-14-38-32(51)54-18-20-8-2-3-9-21(20)33)30(50)42-17-7-12-24(42)28(48)39-22(27(47)36-16-13-25(45)46)11-6-15-37-31(35)41-43(52)53/h2-3,8-9,19,22-24,26,44H,4-7,10-18,34H2,1H3,(H,36,47)(H,38,51)(H,39,48)(H,40,49)(H,45,46)(H3,35,37,41)/t19-,22+,23+,24+,26+/m1/s1. The number of carboxylic acid groups (broad SMARTS) is 1. The topological polar surface area (TPSA) is 323 Å². The summed E-state index contributed by atoms with van der Waals surface area (Å²) < 4.78 is 5.19. The molecule has 2 rings (SSSR count). The van der Waals surface area contributed by atoms with Gasteiger partial charge in [0.15, 0.2) is 5.03 Å². The largest absolute Gasteiger partial charge is 0.481 e. The Kier molecular flexibility index (Phi) is 19.4. The van der Waals surface area contributed by atoms with E-state index in [1.807, 2.05) is 0 Å². The smallest absolute Gasteiger partial charge is 0.407 e. The number of hydrogen-bond donors (Lipinski definition) is 9. The van der Waals surface area contributed by atoms with Gasteiger partial charge in [0.25, 0.3) is 5.96 Å². The summed E-state index contributed by atoms with van der Waals surface area (Å²) in [6, 6.07) is 2.17. The average molecular weight is 785 g/mol. The number of alkyl carbamates (subject to hydrolysis) is 1. The number of aliphatic carboxylic acids is 1. The van der Waals surface area contributed by atoms with Gasteiger partial charge >= 0.3 is 12.1 Å². The number of aliphatic hydroxyl groups excluding tert-OH is 1. The summed E-state index contributed by atoms with van der Waals surface area (Å²) in [7, 11) is 0. The van der Waals surface area contributed by atoms with E-state index in [0.717, 1.165) is 0 Å². The third-order valence-corrected chi connectivity index (χ3v) is 8.56. The highest BCUT2D eigenvalue weighted by Gasteiger charge is 2.39. The minimum absolute atomic E-state index is 0.0158. The number of aliphatic hydroxyl groups is 1. The van der Waals surface area contributed by atoms with Crippen molar-refractivity contribution in [3.63, 3.8) is 0 Å². The van der Waals surface area contributed by atoms with Crippen LogP contribution in [0.25, 0.3) is 0 Å². The average Bonchev–Trinajstić information content (AvgIpc) is 3.61. The Morgan fingerprint density at radius 2 is 1.76 bits per heavy atom. The molecule has 1 heterocycles. The number of aliphatic imine (C=N–C) groups is 1. The van der Waals surface area contributed by atoms with Gasteiger partial charge in [-0.2, -0.15) is 0 Å². The van der Waals surface area contributed by atoms with Crippen molar-refractivity contribution in [2.75, 3.05) is 26.2 Å². The quantitative estimate of drug-likeness (QED) is 0.0221. The second-order valence-electron chi connectivity index (χ2n) is 12.4. The number of unbranched alkanes of at least 4 members (excludes halogenated alkanes) is 1. The first-order valence-corrected chi connectivity index (χ1v) is 17.7. The molecule has 54 heavy (non-hydrogen) atoms. The summed E-state index contributed by atoms with van der Waals surface area (Å²) >= 11 is 6.08. The number of guanidine groups is 1. The van der Waals surface area contributed by atoms with Gasteiger partial charge in [-0.1, -0.05) is 35.2 Å². The van der Waals surface area contributed by atoms with Crippen molar-refractivity contribution >= 4 is 53.3 Å². The van der Waals surface area contributed by atoms with Gasteiger partial charge in [-0.15, -0.1) is 0 Å². The first kappa shape index (κ1) is 44.9. The molecule has 11 N–H and O–H groups in total. The number of amides is 5. The molecule has 0 bridgehead atoms. The number of nitrogens with two attached hydrogens (primary N) is 2. The van der Waals surface area contributed by atoms with Crippen LogP contribution in [0, 0.1) is 10.1 Å². The van der Waals surface area contributed by atoms with Crippen LogP contribution in [0.4, 0.5) is 4.79 Å². The zero-order valence-electron chi connectivity index (χ0n) is 29.8. The van der Waals surface area contributed by atoms with Crippen molar-refractivity contribution in [1.29, 1.82) is 0 Å². The third-order valence-electron chi connectivity index (χ3n) is 8.19. The zero-order valence-corrected chi connectivity index (χ0v) is 30.6. The second kappa shape index (κ2) is 23.4. The maximum atomic E-state index is 13.9. The molecule has 0 spiro atoms. The molecular weight excluding hydrogens is 736 g/mol. The van der Waals surface area contributed by atoms with Gasteiger partial charge in [0, 0.05) is 36.8 Å². The summed E-state index contributed by atoms with van der Waals surface area (Å²) in [5, 5.41) is 39.1. The lowest BCUT2D eigenvalue weighted by Crippen LogP contribution is -2.58. The van der Waals surface area contributed by atoms with Crippen LogP contribution < -0.4 is 38.2 Å². The molecule has 1 aliphatic heterocycles. The summed E-state index contributed by atoms with van der Waals surface area (Å²) in [5.41, 5.74) is 13.5. The maximum absolute atomic E-state index is 13.9. The number of hydrogen-bond acceptors (Lipinski definition) is 12. The third kappa shape index (κ3) is 16.2. The first-order chi connectivity index (χ1) is 25.6. The van der Waals surface area contributed by atoms with Crippen molar-refractivity contribution in [1.82, 2.24) is 31.6 Å². The molecule has 0 radical (unpaired) electrons. The molecule has 0 aromatic heterocycles. The van der Waals surface area contributed by atoms with Gasteiger partial charge in [-0.25, -0.2) is 19.9 Å². The van der Waals surface area contributed by atoms with Gasteiger partial charge in [-0.3, -0.25) is 24.0 Å². The Balaban J connectivity index is 2.08. The predicted octanol–water partition coefficient (Wildman–Crippen LogP) is -1.13. The molecule has 0 aliphatic carbocycles. The maximum Gasteiger partial charge on any atom is 0.407 e. The number of hydrazine groups is 1. The van der Waals surface area contributed by atoms with E-state index < -0.39 is 77.0 Å². The number of likely N-dealkylation sites (tertiary alicyclic amines) is 1. The fourth-order valence-electron chi connectivity index (χ4n) is 5.30. The van der Waals surface area contributed by atoms with E-state index in [2.05, 4.69) is 26.3 Å². The number of carbonyl (C=O) groups excluding carboxylic acids is 5. The van der Waals surface area contributed by atoms with Gasteiger partial charge < -0.3 is 52.6 Å². The minimum atomic E-state index is -1.34. The summed E-state index contributed by atoms with van der Waals surface area (Å²) in [4.78, 5) is 92.0. The molecule has 300 valence electrons. The number of halogens is 1. The van der Waals surface area contributed by atoms with Gasteiger partial charge in [0.05, 0.1) is 12.5 Å². The number of ether oxygens (including phenoxy) is 1. The van der Waals surface area contributed by atoms with E-state index >= 15 is 0 Å². The molecule has 5 atom stereocenters. The lowest BCUT2D eigenvalue weighted by molar-refractivity contribution is -0.525. The zero-order chi connectivity index (χ0) is 40.2. The highest BCUT2D eigenvalue weighted by molar-refractivity contribution is 6.31. The predicted molar refractivity (Wildman–Crippen MR) is 193 cm³/mol. The van der Waals surface area contributed by atoms with Crippen molar-refractivity contribution < 1.29 is 48.7 Å². The van der Waals surface area contributed by atoms with Crippen molar-refractivity contribution in [2.24, 2.45) is 16.5 Å². The number of carbonyl (C=O) groups is 6. The summed E-state index contributed by atoms with van der Waals surface area (Å²) in [6.07, 6.45) is -0.713. The van der Waals surface area contributed by atoms with E-state index in [0.29, 0.717) is 29.8 Å². The number of carboxylic acids is 1. The number of nitro groups is 1. The number of benzene rings is 1. The van der Waals surface area contributed by atoms with E-state index in [9.17, 15) is 44.0 Å². The highest BCUT2D eigenvalue weighted by Crippen LogP contribution is 2.21. The van der Waals surface area contributed by atoms with Crippen LogP contribution in [0.3, 0.4) is 0 Å². The van der Waals surface area contributed by atoms with E-state index in [-0.39, 0.29) is 64.9 Å². The number of nitrogens with zero attached hydrogens (tertiary/aromatic N) is 3. The molecule has 0 unspecified atom stereocenters. The molecule has 5 amide bonds. The number of nitrogens with one attached hydrogen (secondary N) is 5. The van der Waals surface area contributed by atoms with Crippen LogP contribution in [0.1, 0.15) is 63.9 Å². The molecular formula is C32H49ClN10O11. The van der Waals surface area contributed by atoms with Crippen molar-refractivity contribution in [2.45, 2.75) is 95.2 Å². The minimum Gasteiger partial charge on any atom is -0.481 e. The van der Waals surface area contributed by atoms with Gasteiger partial charge in [0.1, 0.15) is 30.8 Å². The molecule has 1 saturated heterocycles. The Morgan fingerprint density at radius 3 is 2.43 bits per heavy atom. The molecule has 22 heteroatoms. The van der Waals surface area contributed by atoms with Crippen LogP contribution >= 0.6 is 11.6 Å². The monoisotopic (exact) mass is 784 g/mol. The lowest BCUT2D eigenvalue weighted by Gasteiger charge is -2.30. The van der Waals surface area contributed by atoms with E-state index in [1.165, 1.54) is 11.8 Å². The van der Waals surface area contributed by atoms with Gasteiger partial charge in [0.2, 0.25) is 23.6 Å². The molecule has 0 saturated carbocycles. The molecule has 1 fully saturated rings. The summed E-state index contributed by atoms with van der Waals surface area (Å²) in [5.74, 6) is -4.39. The molecule has 21 nitrogen and oxygen atoms in total. The first-order valence-electron chi connectivity index (χ1n) is 17.3. The fourth-order valence-corrected chi connectivity index (χ4v) is 5.49. The van der Waals surface area contributed by atoms with Crippen LogP contribution in [0.2, 0.25) is 5.02 Å². The Labute approximate surface area is 316 Å². The summed E-state index contributed by atoms with van der Waals surface area (Å²) in [6.45, 7) is 1.34. The molecule has 1 aliphatic rings. The van der Waals surface area contributed by atoms with Crippen molar-refractivity contribution in [3.8, 4) is 0 Å². The van der Waals surface area contributed by atoms with Crippen LogP contribution in [-0.4, -0.2) is 118 Å². The van der Waals surface area contributed by atoms with Gasteiger partial charge in [-0.05, 0) is 57.9 Å². The number of rotatable bonds is 22. The van der Waals surface area contributed by atoms with Crippen LogP contribution in [0.15, 0.2) is 29.3 Å². The Morgan fingerprint density at radius 1 is 1.06 bits per heavy atom. The normalized spacial score (nSPS) is 16.3. The Bertz CT molecular complexity index is 1500. The Hall–Kier alpha value is -5.28. The van der Waals surface area contributed by atoms with Crippen LogP contribution in [0.5, 0.6) is 0 Å². The highest BCUT2D eigenvalue weighted by atomic mass is 35.5. The van der Waals surface area contributed by atoms with E-state index in [1.54, 1.807) is 29.7 Å². The van der Waals surface area contributed by atoms with Crippen LogP contribution in [-0.2, 0) is 35.3 Å². The fraction of sp³-hybridized carbons (Fsp3) is 0.594. The second-order valence-corrected chi connectivity index (χ2v) is 12.8. The van der Waals surface area contributed by atoms with Crippen molar-refractivity contribution in [3.05, 3.63) is 45.0 Å². The SMILES string of the molecule is C[C@@H](O)[C@H](N)C(=O)N[C@@H](CCCCNC(=O)OCc1ccccc1Cl)C(=O)N1CCC[C@H]1C(=O)N[C@@H](CCCN=C(N)N[N+](=O)[O-])C(=O)NCCC(=O)O. The molecule has 1 aromatic rings. The lowest BCUT2D eigenvalue weighted by atomic mass is 10.0. The van der Waals surface area contributed by atoms with E-state index in [4.69, 9.17) is 32.9 Å².